The molecule has 7 nitrogen and oxygen atoms in total. The van der Waals surface area contributed by atoms with E-state index in [0.717, 1.165) is 15.3 Å². The number of rotatable bonds is 6. The highest BCUT2D eigenvalue weighted by molar-refractivity contribution is 7.88. The number of sulfonamides is 1. The molecule has 0 bridgehead atoms. The standard InChI is InChI=1S/C17H24N4O3S2/c1-3-21(17-18-14-6-4-5-7-15(14)25-17)16(22)12-20-10-8-13(9-11-20)19-26(2,23)24/h4-7,13,19H,3,8-12H2,1-2H3. The molecule has 1 saturated heterocycles. The second-order valence-corrected chi connectivity index (χ2v) is 9.33. The second kappa shape index (κ2) is 7.99. The molecule has 0 aliphatic carbocycles. The molecule has 1 aliphatic heterocycles. The molecule has 2 heterocycles. The monoisotopic (exact) mass is 396 g/mol. The molecular weight excluding hydrogens is 372 g/mol. The fraction of sp³-hybridized carbons (Fsp3) is 0.529. The van der Waals surface area contributed by atoms with E-state index in [1.165, 1.54) is 17.6 Å². The Labute approximate surface area is 158 Å². The van der Waals surface area contributed by atoms with Gasteiger partial charge in [0.1, 0.15) is 0 Å². The molecule has 9 heteroatoms. The summed E-state index contributed by atoms with van der Waals surface area (Å²) >= 11 is 1.53. The third-order valence-corrected chi connectivity index (χ3v) is 6.28. The van der Waals surface area contributed by atoms with Crippen LogP contribution < -0.4 is 9.62 Å². The predicted octanol–water partition coefficient (Wildman–Crippen LogP) is 1.66. The number of para-hydroxylation sites is 1. The molecule has 2 aromatic rings. The first-order valence-electron chi connectivity index (χ1n) is 8.71. The van der Waals surface area contributed by atoms with Gasteiger partial charge >= 0.3 is 0 Å². The number of likely N-dealkylation sites (tertiary alicyclic amines) is 1. The van der Waals surface area contributed by atoms with E-state index in [1.54, 1.807) is 4.90 Å². The Bertz CT molecular complexity index is 840. The van der Waals surface area contributed by atoms with Crippen LogP contribution in [-0.2, 0) is 14.8 Å². The van der Waals surface area contributed by atoms with E-state index in [9.17, 15) is 13.2 Å². The van der Waals surface area contributed by atoms with Crippen LogP contribution in [-0.4, -0.2) is 62.7 Å². The summed E-state index contributed by atoms with van der Waals surface area (Å²) < 4.78 is 26.4. The smallest absolute Gasteiger partial charge is 0.242 e. The zero-order chi connectivity index (χ0) is 18.7. The molecule has 1 fully saturated rings. The van der Waals surface area contributed by atoms with Gasteiger partial charge in [-0.2, -0.15) is 0 Å². The first-order chi connectivity index (χ1) is 12.4. The van der Waals surface area contributed by atoms with Gasteiger partial charge in [0.2, 0.25) is 15.9 Å². The number of anilines is 1. The fourth-order valence-electron chi connectivity index (χ4n) is 3.18. The van der Waals surface area contributed by atoms with Crippen molar-refractivity contribution in [3.63, 3.8) is 0 Å². The minimum absolute atomic E-state index is 0.0288. The third kappa shape index (κ3) is 4.79. The highest BCUT2D eigenvalue weighted by atomic mass is 32.2. The lowest BCUT2D eigenvalue weighted by atomic mass is 10.1. The molecule has 1 aliphatic rings. The Morgan fingerprint density at radius 1 is 1.35 bits per heavy atom. The van der Waals surface area contributed by atoms with Crippen LogP contribution in [0.1, 0.15) is 19.8 Å². The molecule has 26 heavy (non-hydrogen) atoms. The summed E-state index contributed by atoms with van der Waals surface area (Å²) in [5, 5.41) is 0.729. The van der Waals surface area contributed by atoms with Crippen LogP contribution in [0.15, 0.2) is 24.3 Å². The topological polar surface area (TPSA) is 82.6 Å². The van der Waals surface area contributed by atoms with Gasteiger partial charge in [-0.15, -0.1) is 0 Å². The molecule has 1 aromatic heterocycles. The van der Waals surface area contributed by atoms with Gasteiger partial charge in [0.05, 0.1) is 23.0 Å². The molecule has 0 saturated carbocycles. The summed E-state index contributed by atoms with van der Waals surface area (Å²) in [6, 6.07) is 7.83. The number of carbonyl (C=O) groups is 1. The highest BCUT2D eigenvalue weighted by Gasteiger charge is 2.25. The number of aromatic nitrogens is 1. The van der Waals surface area contributed by atoms with E-state index in [4.69, 9.17) is 0 Å². The van der Waals surface area contributed by atoms with Crippen molar-refractivity contribution in [2.24, 2.45) is 0 Å². The average molecular weight is 397 g/mol. The van der Waals surface area contributed by atoms with E-state index in [2.05, 4.69) is 14.6 Å². The van der Waals surface area contributed by atoms with Crippen molar-refractivity contribution in [1.29, 1.82) is 0 Å². The minimum atomic E-state index is -3.18. The predicted molar refractivity (Wildman–Crippen MR) is 105 cm³/mol. The second-order valence-electron chi connectivity index (χ2n) is 6.54. The number of benzene rings is 1. The number of fused-ring (bicyclic) bond motifs is 1. The van der Waals surface area contributed by atoms with Gasteiger partial charge in [0.25, 0.3) is 0 Å². The Balaban J connectivity index is 1.60. The Morgan fingerprint density at radius 2 is 2.04 bits per heavy atom. The van der Waals surface area contributed by atoms with Gasteiger partial charge in [-0.25, -0.2) is 18.1 Å². The zero-order valence-electron chi connectivity index (χ0n) is 15.0. The molecule has 3 rings (SSSR count). The largest absolute Gasteiger partial charge is 0.294 e. The van der Waals surface area contributed by atoms with Gasteiger partial charge in [-0.1, -0.05) is 23.5 Å². The summed E-state index contributed by atoms with van der Waals surface area (Å²) in [6.07, 6.45) is 2.61. The van der Waals surface area contributed by atoms with Crippen molar-refractivity contribution in [2.75, 3.05) is 37.3 Å². The zero-order valence-corrected chi connectivity index (χ0v) is 16.6. The number of amides is 1. The Kier molecular flexibility index (Phi) is 5.91. The summed E-state index contributed by atoms with van der Waals surface area (Å²) in [6.45, 7) is 4.26. The molecule has 142 valence electrons. The Morgan fingerprint density at radius 3 is 2.65 bits per heavy atom. The molecule has 1 N–H and O–H groups in total. The maximum absolute atomic E-state index is 12.8. The minimum Gasteiger partial charge on any atom is -0.294 e. The first kappa shape index (κ1) is 19.2. The summed E-state index contributed by atoms with van der Waals surface area (Å²) in [5.74, 6) is 0.0288. The lowest BCUT2D eigenvalue weighted by Crippen LogP contribution is -2.48. The maximum atomic E-state index is 12.8. The molecule has 1 amide bonds. The maximum Gasteiger partial charge on any atom is 0.242 e. The quantitative estimate of drug-likeness (QED) is 0.803. The van der Waals surface area contributed by atoms with Gasteiger partial charge in [-0.05, 0) is 31.9 Å². The SMILES string of the molecule is CCN(C(=O)CN1CCC(NS(C)(=O)=O)CC1)c1nc2ccccc2s1. The van der Waals surface area contributed by atoms with E-state index < -0.39 is 10.0 Å². The molecule has 0 radical (unpaired) electrons. The van der Waals surface area contributed by atoms with Crippen molar-refractivity contribution in [1.82, 2.24) is 14.6 Å². The van der Waals surface area contributed by atoms with Gasteiger partial charge < -0.3 is 0 Å². The summed E-state index contributed by atoms with van der Waals surface area (Å²) in [7, 11) is -3.18. The molecule has 1 aromatic carbocycles. The highest BCUT2D eigenvalue weighted by Crippen LogP contribution is 2.28. The fourth-order valence-corrected chi connectivity index (χ4v) is 5.07. The first-order valence-corrected chi connectivity index (χ1v) is 11.4. The number of hydrogen-bond acceptors (Lipinski definition) is 6. The normalized spacial score (nSPS) is 16.8. The van der Waals surface area contributed by atoms with Crippen molar-refractivity contribution < 1.29 is 13.2 Å². The molecule has 0 atom stereocenters. The average Bonchev–Trinajstić information content (AvgIpc) is 2.99. The van der Waals surface area contributed by atoms with E-state index in [0.29, 0.717) is 39.0 Å². The Hall–Kier alpha value is -1.55. The van der Waals surface area contributed by atoms with Gasteiger partial charge in [0, 0.05) is 25.7 Å². The molecular formula is C17H24N4O3S2. The van der Waals surface area contributed by atoms with E-state index in [1.807, 2.05) is 31.2 Å². The molecule has 0 unspecified atom stereocenters. The van der Waals surface area contributed by atoms with Gasteiger partial charge in [-0.3, -0.25) is 14.6 Å². The lowest BCUT2D eigenvalue weighted by molar-refractivity contribution is -0.120. The lowest BCUT2D eigenvalue weighted by Gasteiger charge is -2.32. The van der Waals surface area contributed by atoms with E-state index >= 15 is 0 Å². The third-order valence-electron chi connectivity index (χ3n) is 4.46. The summed E-state index contributed by atoms with van der Waals surface area (Å²) in [4.78, 5) is 21.2. The van der Waals surface area contributed by atoms with Gasteiger partial charge in [0.15, 0.2) is 5.13 Å². The van der Waals surface area contributed by atoms with Crippen LogP contribution >= 0.6 is 11.3 Å². The van der Waals surface area contributed by atoms with Crippen LogP contribution in [0.25, 0.3) is 10.2 Å². The number of thiazole rings is 1. The van der Waals surface area contributed by atoms with Crippen LogP contribution in [0.2, 0.25) is 0 Å². The van der Waals surface area contributed by atoms with Crippen LogP contribution in [0.4, 0.5) is 5.13 Å². The van der Waals surface area contributed by atoms with E-state index in [-0.39, 0.29) is 11.9 Å². The number of carbonyl (C=O) groups excluding carboxylic acids is 1. The number of likely N-dealkylation sites (N-methyl/N-ethyl adjacent to an activating group) is 1. The van der Waals surface area contributed by atoms with Crippen LogP contribution in [0.5, 0.6) is 0 Å². The molecule has 0 spiro atoms. The number of nitrogens with zero attached hydrogens (tertiary/aromatic N) is 3. The summed E-state index contributed by atoms with van der Waals surface area (Å²) in [5.41, 5.74) is 0.909. The van der Waals surface area contributed by atoms with Crippen molar-refractivity contribution in [3.8, 4) is 0 Å². The number of hydrogen-bond donors (Lipinski definition) is 1. The van der Waals surface area contributed by atoms with Crippen LogP contribution in [0.3, 0.4) is 0 Å². The van der Waals surface area contributed by atoms with Crippen molar-refractivity contribution >= 4 is 42.6 Å². The number of piperidine rings is 1. The van der Waals surface area contributed by atoms with Crippen molar-refractivity contribution in [2.45, 2.75) is 25.8 Å². The van der Waals surface area contributed by atoms with Crippen molar-refractivity contribution in [3.05, 3.63) is 24.3 Å². The van der Waals surface area contributed by atoms with Crippen LogP contribution in [0, 0.1) is 0 Å². The number of nitrogens with one attached hydrogen (secondary N) is 1.